The molecule has 5 rings (SSSR count). The molecule has 0 amide bonds. The molecule has 1 fully saturated rings. The van der Waals surface area contributed by atoms with Gasteiger partial charge in [-0.1, -0.05) is 30.3 Å². The lowest BCUT2D eigenvalue weighted by Crippen LogP contribution is -2.47. The van der Waals surface area contributed by atoms with Crippen molar-refractivity contribution in [2.75, 3.05) is 26.2 Å². The number of hydrogen-bond acceptors (Lipinski definition) is 3. The summed E-state index contributed by atoms with van der Waals surface area (Å²) in [5.74, 6) is 0.520. The van der Waals surface area contributed by atoms with E-state index in [2.05, 4.69) is 37.5 Å². The number of aryl methyl sites for hydroxylation is 2. The van der Waals surface area contributed by atoms with Crippen molar-refractivity contribution in [3.8, 4) is 0 Å². The van der Waals surface area contributed by atoms with E-state index in [1.54, 1.807) is 0 Å². The Balaban J connectivity index is 1.31. The van der Waals surface area contributed by atoms with Gasteiger partial charge in [-0.25, -0.2) is 13.8 Å². The maximum Gasteiger partial charge on any atom is 0.123 e. The predicted molar refractivity (Wildman–Crippen MR) is 127 cm³/mol. The third-order valence-corrected chi connectivity index (χ3v) is 6.72. The number of imidazole rings is 1. The number of benzene rings is 3. The van der Waals surface area contributed by atoms with Crippen LogP contribution in [-0.4, -0.2) is 45.5 Å². The van der Waals surface area contributed by atoms with Crippen molar-refractivity contribution in [1.82, 2.24) is 19.4 Å². The zero-order valence-electron chi connectivity index (χ0n) is 19.0. The van der Waals surface area contributed by atoms with Crippen LogP contribution >= 0.6 is 0 Å². The molecule has 0 aliphatic carbocycles. The molecule has 1 aliphatic heterocycles. The van der Waals surface area contributed by atoms with Crippen LogP contribution in [-0.2, 0) is 13.6 Å². The second-order valence-corrected chi connectivity index (χ2v) is 8.86. The number of rotatable bonds is 5. The zero-order chi connectivity index (χ0) is 22.9. The van der Waals surface area contributed by atoms with Gasteiger partial charge in [0.15, 0.2) is 0 Å². The minimum atomic E-state index is -0.249. The van der Waals surface area contributed by atoms with Gasteiger partial charge in [0.05, 0.1) is 17.1 Å². The molecule has 0 spiro atoms. The van der Waals surface area contributed by atoms with Gasteiger partial charge in [0.25, 0.3) is 0 Å². The van der Waals surface area contributed by atoms with Gasteiger partial charge in [-0.15, -0.1) is 0 Å². The van der Waals surface area contributed by atoms with Crippen molar-refractivity contribution in [2.24, 2.45) is 7.05 Å². The predicted octanol–water partition coefficient (Wildman–Crippen LogP) is 5.07. The summed E-state index contributed by atoms with van der Waals surface area (Å²) in [6, 6.07) is 19.8. The average Bonchev–Trinajstić information content (AvgIpc) is 3.10. The first kappa shape index (κ1) is 21.7. The number of fused-ring (bicyclic) bond motifs is 1. The fourth-order valence-corrected chi connectivity index (χ4v) is 4.81. The molecule has 33 heavy (non-hydrogen) atoms. The van der Waals surface area contributed by atoms with Crippen molar-refractivity contribution >= 4 is 11.0 Å². The van der Waals surface area contributed by atoms with Gasteiger partial charge < -0.3 is 4.57 Å². The largest absolute Gasteiger partial charge is 0.331 e. The molecular weight excluding hydrogens is 418 g/mol. The molecule has 1 saturated heterocycles. The van der Waals surface area contributed by atoms with Gasteiger partial charge in [-0.2, -0.15) is 0 Å². The van der Waals surface area contributed by atoms with E-state index in [0.29, 0.717) is 0 Å². The van der Waals surface area contributed by atoms with E-state index in [1.165, 1.54) is 29.8 Å². The number of nitrogens with zero attached hydrogens (tertiary/aromatic N) is 4. The Morgan fingerprint density at radius 3 is 1.97 bits per heavy atom. The molecule has 2 heterocycles. The Morgan fingerprint density at radius 2 is 1.39 bits per heavy atom. The summed E-state index contributed by atoms with van der Waals surface area (Å²) >= 11 is 0. The van der Waals surface area contributed by atoms with Crippen molar-refractivity contribution in [1.29, 1.82) is 0 Å². The van der Waals surface area contributed by atoms with E-state index >= 15 is 0 Å². The summed E-state index contributed by atoms with van der Waals surface area (Å²) in [4.78, 5) is 9.53. The lowest BCUT2D eigenvalue weighted by Gasteiger charge is -2.40. The van der Waals surface area contributed by atoms with Crippen LogP contribution in [0.1, 0.15) is 28.6 Å². The summed E-state index contributed by atoms with van der Waals surface area (Å²) in [6.07, 6.45) is 0. The molecule has 6 heteroatoms. The second kappa shape index (κ2) is 9.04. The molecule has 3 aromatic carbocycles. The lowest BCUT2D eigenvalue weighted by atomic mass is 9.96. The van der Waals surface area contributed by atoms with Crippen LogP contribution < -0.4 is 0 Å². The molecule has 0 unspecified atom stereocenters. The minimum absolute atomic E-state index is 0.0267. The molecule has 1 aliphatic rings. The maximum atomic E-state index is 13.6. The highest BCUT2D eigenvalue weighted by Crippen LogP contribution is 2.30. The van der Waals surface area contributed by atoms with E-state index in [-0.39, 0.29) is 17.7 Å². The van der Waals surface area contributed by atoms with E-state index in [1.807, 2.05) is 38.2 Å². The maximum absolute atomic E-state index is 13.6. The van der Waals surface area contributed by atoms with Crippen LogP contribution in [0.15, 0.2) is 66.7 Å². The van der Waals surface area contributed by atoms with Crippen LogP contribution in [0.4, 0.5) is 8.78 Å². The molecule has 0 atom stereocenters. The first-order chi connectivity index (χ1) is 16.0. The smallest absolute Gasteiger partial charge is 0.123 e. The monoisotopic (exact) mass is 446 g/mol. The Labute approximate surface area is 193 Å². The third-order valence-electron chi connectivity index (χ3n) is 6.72. The Kier molecular flexibility index (Phi) is 5.96. The molecule has 1 aromatic heterocycles. The van der Waals surface area contributed by atoms with Crippen molar-refractivity contribution in [3.63, 3.8) is 0 Å². The van der Waals surface area contributed by atoms with Crippen molar-refractivity contribution in [3.05, 3.63) is 101 Å². The lowest BCUT2D eigenvalue weighted by molar-refractivity contribution is 0.105. The van der Waals surface area contributed by atoms with Crippen LogP contribution in [0.2, 0.25) is 0 Å². The van der Waals surface area contributed by atoms with E-state index in [0.717, 1.165) is 60.7 Å². The average molecular weight is 447 g/mol. The minimum Gasteiger partial charge on any atom is -0.331 e. The second-order valence-electron chi connectivity index (χ2n) is 8.86. The number of hydrogen-bond donors (Lipinski definition) is 0. The standard InChI is InChI=1S/C27H28F2N4/c1-19-30-25-17-20(3-12-26(25)31(19)2)18-32-13-15-33(16-14-32)27(21-4-8-23(28)9-5-21)22-6-10-24(29)11-7-22/h3-12,17,27H,13-16,18H2,1-2H3. The summed E-state index contributed by atoms with van der Waals surface area (Å²) in [7, 11) is 2.04. The van der Waals surface area contributed by atoms with Crippen LogP contribution in [0.3, 0.4) is 0 Å². The Morgan fingerprint density at radius 1 is 0.818 bits per heavy atom. The fraction of sp³-hybridized carbons (Fsp3) is 0.296. The molecule has 0 radical (unpaired) electrons. The van der Waals surface area contributed by atoms with E-state index < -0.39 is 0 Å². The highest BCUT2D eigenvalue weighted by molar-refractivity contribution is 5.76. The topological polar surface area (TPSA) is 24.3 Å². The first-order valence-corrected chi connectivity index (χ1v) is 11.4. The van der Waals surface area contributed by atoms with Gasteiger partial charge in [-0.3, -0.25) is 9.80 Å². The zero-order valence-corrected chi connectivity index (χ0v) is 19.0. The highest BCUT2D eigenvalue weighted by atomic mass is 19.1. The molecule has 0 N–H and O–H groups in total. The Hall–Kier alpha value is -3.09. The highest BCUT2D eigenvalue weighted by Gasteiger charge is 2.26. The summed E-state index contributed by atoms with van der Waals surface area (Å²) in [5.41, 5.74) is 5.50. The van der Waals surface area contributed by atoms with Crippen LogP contribution in [0.25, 0.3) is 11.0 Å². The number of halogens is 2. The molecule has 170 valence electrons. The van der Waals surface area contributed by atoms with Crippen molar-refractivity contribution < 1.29 is 8.78 Å². The molecule has 0 bridgehead atoms. The van der Waals surface area contributed by atoms with Gasteiger partial charge in [0.1, 0.15) is 17.5 Å². The van der Waals surface area contributed by atoms with Gasteiger partial charge in [0.2, 0.25) is 0 Å². The molecule has 4 nitrogen and oxygen atoms in total. The fourth-order valence-electron chi connectivity index (χ4n) is 4.81. The van der Waals surface area contributed by atoms with Gasteiger partial charge in [-0.05, 0) is 60.0 Å². The molecule has 0 saturated carbocycles. The Bertz CT molecular complexity index is 1190. The normalized spacial score (nSPS) is 15.5. The van der Waals surface area contributed by atoms with E-state index in [9.17, 15) is 8.78 Å². The quantitative estimate of drug-likeness (QED) is 0.428. The molecular formula is C27H28F2N4. The van der Waals surface area contributed by atoms with Crippen LogP contribution in [0.5, 0.6) is 0 Å². The van der Waals surface area contributed by atoms with Crippen molar-refractivity contribution in [2.45, 2.75) is 19.5 Å². The van der Waals surface area contributed by atoms with E-state index in [4.69, 9.17) is 0 Å². The molecule has 4 aromatic rings. The van der Waals surface area contributed by atoms with Gasteiger partial charge in [0, 0.05) is 39.8 Å². The van der Waals surface area contributed by atoms with Gasteiger partial charge >= 0.3 is 0 Å². The van der Waals surface area contributed by atoms with Crippen LogP contribution in [0, 0.1) is 18.6 Å². The number of piperazine rings is 1. The summed E-state index contributed by atoms with van der Waals surface area (Å²) in [5, 5.41) is 0. The summed E-state index contributed by atoms with van der Waals surface area (Å²) in [6.45, 7) is 6.53. The summed E-state index contributed by atoms with van der Waals surface area (Å²) < 4.78 is 29.2. The first-order valence-electron chi connectivity index (χ1n) is 11.4. The third kappa shape index (κ3) is 4.54. The SMILES string of the molecule is Cc1nc2cc(CN3CCN(C(c4ccc(F)cc4)c4ccc(F)cc4)CC3)ccc2n1C. The number of aromatic nitrogens is 2.